The van der Waals surface area contributed by atoms with Crippen LogP contribution in [0.1, 0.15) is 27.8 Å². The van der Waals surface area contributed by atoms with Crippen LogP contribution in [0.15, 0.2) is 71.3 Å². The van der Waals surface area contributed by atoms with Crippen molar-refractivity contribution in [1.29, 1.82) is 0 Å². The zero-order valence-corrected chi connectivity index (χ0v) is 16.4. The van der Waals surface area contributed by atoms with Crippen molar-refractivity contribution in [2.45, 2.75) is 13.0 Å². The SMILES string of the molecule is COc1ccc(NC(=O)[C@@H](C)OC(=O)c2ccccc2NC(=O)c2ccco2)cc1. The fraction of sp³-hybridized carbons (Fsp3) is 0.136. The average Bonchev–Trinajstić information content (AvgIpc) is 3.29. The highest BCUT2D eigenvalue weighted by Gasteiger charge is 2.22. The first-order valence-electron chi connectivity index (χ1n) is 9.07. The molecule has 0 saturated heterocycles. The van der Waals surface area contributed by atoms with Crippen LogP contribution in [-0.4, -0.2) is 31.0 Å². The Morgan fingerprint density at radius 3 is 2.33 bits per heavy atom. The number of carbonyl (C=O) groups excluding carboxylic acids is 3. The second-order valence-corrected chi connectivity index (χ2v) is 6.24. The molecule has 0 aliphatic heterocycles. The Morgan fingerprint density at radius 2 is 1.67 bits per heavy atom. The number of para-hydroxylation sites is 1. The number of hydrogen-bond acceptors (Lipinski definition) is 6. The summed E-state index contributed by atoms with van der Waals surface area (Å²) in [4.78, 5) is 37.1. The second kappa shape index (κ2) is 9.42. The predicted molar refractivity (Wildman–Crippen MR) is 110 cm³/mol. The molecule has 0 saturated carbocycles. The number of anilines is 2. The van der Waals surface area contributed by atoms with Crippen LogP contribution in [0.2, 0.25) is 0 Å². The maximum Gasteiger partial charge on any atom is 0.341 e. The topological polar surface area (TPSA) is 107 Å². The van der Waals surface area contributed by atoms with Gasteiger partial charge < -0.3 is 24.5 Å². The third-order valence-electron chi connectivity index (χ3n) is 4.15. The lowest BCUT2D eigenvalue weighted by atomic mass is 10.1. The Labute approximate surface area is 172 Å². The van der Waals surface area contributed by atoms with Gasteiger partial charge in [0.2, 0.25) is 0 Å². The van der Waals surface area contributed by atoms with Crippen molar-refractivity contribution in [3.63, 3.8) is 0 Å². The van der Waals surface area contributed by atoms with Crippen LogP contribution < -0.4 is 15.4 Å². The lowest BCUT2D eigenvalue weighted by Gasteiger charge is -2.15. The first-order chi connectivity index (χ1) is 14.5. The highest BCUT2D eigenvalue weighted by atomic mass is 16.5. The summed E-state index contributed by atoms with van der Waals surface area (Å²) in [6.45, 7) is 1.46. The third kappa shape index (κ3) is 5.05. The molecule has 0 unspecified atom stereocenters. The monoisotopic (exact) mass is 408 g/mol. The fourth-order valence-corrected chi connectivity index (χ4v) is 2.56. The van der Waals surface area contributed by atoms with Crippen LogP contribution in [0, 0.1) is 0 Å². The zero-order valence-electron chi connectivity index (χ0n) is 16.4. The molecule has 2 aromatic carbocycles. The van der Waals surface area contributed by atoms with E-state index in [0.29, 0.717) is 11.4 Å². The lowest BCUT2D eigenvalue weighted by molar-refractivity contribution is -0.123. The summed E-state index contributed by atoms with van der Waals surface area (Å²) < 4.78 is 15.4. The summed E-state index contributed by atoms with van der Waals surface area (Å²) in [5, 5.41) is 5.26. The van der Waals surface area contributed by atoms with Crippen LogP contribution >= 0.6 is 0 Å². The Balaban J connectivity index is 1.64. The molecule has 3 rings (SSSR count). The summed E-state index contributed by atoms with van der Waals surface area (Å²) in [7, 11) is 1.55. The molecule has 0 spiro atoms. The van der Waals surface area contributed by atoms with Gasteiger partial charge in [-0.3, -0.25) is 9.59 Å². The van der Waals surface area contributed by atoms with E-state index < -0.39 is 23.9 Å². The van der Waals surface area contributed by atoms with Crippen molar-refractivity contribution >= 4 is 29.2 Å². The van der Waals surface area contributed by atoms with Crippen molar-refractivity contribution in [3.05, 3.63) is 78.3 Å². The average molecular weight is 408 g/mol. The molecule has 0 bridgehead atoms. The van der Waals surface area contributed by atoms with Crippen LogP contribution in [0.3, 0.4) is 0 Å². The molecule has 0 aliphatic rings. The van der Waals surface area contributed by atoms with Gasteiger partial charge in [-0.25, -0.2) is 4.79 Å². The van der Waals surface area contributed by atoms with E-state index in [1.165, 1.54) is 25.3 Å². The van der Waals surface area contributed by atoms with E-state index in [2.05, 4.69) is 10.6 Å². The van der Waals surface area contributed by atoms with Gasteiger partial charge in [-0.05, 0) is 55.5 Å². The minimum atomic E-state index is -1.06. The molecule has 0 fully saturated rings. The number of benzene rings is 2. The lowest BCUT2D eigenvalue weighted by Crippen LogP contribution is -2.30. The number of hydrogen-bond donors (Lipinski definition) is 2. The van der Waals surface area contributed by atoms with Crippen molar-refractivity contribution in [2.24, 2.45) is 0 Å². The number of rotatable bonds is 7. The first kappa shape index (κ1) is 20.7. The number of carbonyl (C=O) groups is 3. The Morgan fingerprint density at radius 1 is 0.933 bits per heavy atom. The van der Waals surface area contributed by atoms with Gasteiger partial charge in [0.1, 0.15) is 5.75 Å². The van der Waals surface area contributed by atoms with E-state index in [1.54, 1.807) is 55.6 Å². The molecule has 8 nitrogen and oxygen atoms in total. The summed E-state index contributed by atoms with van der Waals surface area (Å²) in [6, 6.07) is 16.2. The number of furan rings is 1. The van der Waals surface area contributed by atoms with Gasteiger partial charge in [0.15, 0.2) is 11.9 Å². The number of amides is 2. The largest absolute Gasteiger partial charge is 0.497 e. The van der Waals surface area contributed by atoms with Gasteiger partial charge in [0, 0.05) is 5.69 Å². The smallest absolute Gasteiger partial charge is 0.341 e. The van der Waals surface area contributed by atoms with Crippen LogP contribution in [-0.2, 0) is 9.53 Å². The maximum atomic E-state index is 12.6. The van der Waals surface area contributed by atoms with Gasteiger partial charge in [0.05, 0.1) is 24.6 Å². The summed E-state index contributed by atoms with van der Waals surface area (Å²) in [5.41, 5.74) is 0.892. The number of nitrogens with one attached hydrogen (secondary N) is 2. The van der Waals surface area contributed by atoms with Crippen LogP contribution in [0.5, 0.6) is 5.75 Å². The minimum absolute atomic E-state index is 0.102. The van der Waals surface area contributed by atoms with Crippen LogP contribution in [0.25, 0.3) is 0 Å². The summed E-state index contributed by atoms with van der Waals surface area (Å²) in [5.74, 6) is -0.995. The standard InChI is InChI=1S/C22H20N2O6/c1-14(20(25)23-15-9-11-16(28-2)12-10-15)30-22(27)17-6-3-4-7-18(17)24-21(26)19-8-5-13-29-19/h3-14H,1-2H3,(H,23,25)(H,24,26)/t14-/m1/s1. The molecule has 1 atom stereocenters. The van der Waals surface area contributed by atoms with Crippen LogP contribution in [0.4, 0.5) is 11.4 Å². The van der Waals surface area contributed by atoms with Crippen molar-refractivity contribution in [2.75, 3.05) is 17.7 Å². The molecule has 1 heterocycles. The van der Waals surface area contributed by atoms with Crippen molar-refractivity contribution < 1.29 is 28.3 Å². The number of ether oxygens (including phenoxy) is 2. The van der Waals surface area contributed by atoms with Gasteiger partial charge in [-0.2, -0.15) is 0 Å². The third-order valence-corrected chi connectivity index (χ3v) is 4.15. The summed E-state index contributed by atoms with van der Waals surface area (Å²) in [6.07, 6.45) is 0.312. The zero-order chi connectivity index (χ0) is 21.5. The van der Waals surface area contributed by atoms with Gasteiger partial charge >= 0.3 is 5.97 Å². The molecule has 1 aromatic heterocycles. The van der Waals surface area contributed by atoms with Gasteiger partial charge in [-0.15, -0.1) is 0 Å². The normalized spacial score (nSPS) is 11.3. The van der Waals surface area contributed by atoms with E-state index in [1.807, 2.05) is 0 Å². The molecular weight excluding hydrogens is 388 g/mol. The van der Waals surface area contributed by atoms with E-state index in [-0.39, 0.29) is 17.0 Å². The molecule has 2 N–H and O–H groups in total. The number of esters is 1. The van der Waals surface area contributed by atoms with Gasteiger partial charge in [0.25, 0.3) is 11.8 Å². The molecule has 3 aromatic rings. The highest BCUT2D eigenvalue weighted by molar-refractivity contribution is 6.07. The fourth-order valence-electron chi connectivity index (χ4n) is 2.56. The van der Waals surface area contributed by atoms with Crippen molar-refractivity contribution in [3.8, 4) is 5.75 Å². The molecular formula is C22H20N2O6. The van der Waals surface area contributed by atoms with E-state index in [9.17, 15) is 14.4 Å². The number of methoxy groups -OCH3 is 1. The first-order valence-corrected chi connectivity index (χ1v) is 9.07. The van der Waals surface area contributed by atoms with E-state index in [4.69, 9.17) is 13.9 Å². The van der Waals surface area contributed by atoms with E-state index in [0.717, 1.165) is 0 Å². The van der Waals surface area contributed by atoms with Gasteiger partial charge in [-0.1, -0.05) is 12.1 Å². The molecule has 30 heavy (non-hydrogen) atoms. The molecule has 0 aliphatic carbocycles. The maximum absolute atomic E-state index is 12.6. The van der Waals surface area contributed by atoms with E-state index >= 15 is 0 Å². The molecule has 8 heteroatoms. The highest BCUT2D eigenvalue weighted by Crippen LogP contribution is 2.19. The molecule has 154 valence electrons. The Bertz CT molecular complexity index is 1030. The Kier molecular flexibility index (Phi) is 6.49. The van der Waals surface area contributed by atoms with Crippen molar-refractivity contribution in [1.82, 2.24) is 0 Å². The molecule has 0 radical (unpaired) electrons. The predicted octanol–water partition coefficient (Wildman–Crippen LogP) is 3.72. The summed E-state index contributed by atoms with van der Waals surface area (Å²) >= 11 is 0. The quantitative estimate of drug-likeness (QED) is 0.577. The Hall–Kier alpha value is -4.07. The second-order valence-electron chi connectivity index (χ2n) is 6.24. The minimum Gasteiger partial charge on any atom is -0.497 e. The molecule has 2 amide bonds.